The van der Waals surface area contributed by atoms with Crippen LogP contribution < -0.4 is 10.6 Å². The molecule has 0 heterocycles. The summed E-state index contributed by atoms with van der Waals surface area (Å²) in [5.41, 5.74) is 4.85. The molecular formula is C20H23ClN2O2. The fourth-order valence-corrected chi connectivity index (χ4v) is 3.13. The van der Waals surface area contributed by atoms with Gasteiger partial charge in [0.1, 0.15) is 0 Å². The van der Waals surface area contributed by atoms with Gasteiger partial charge in [-0.15, -0.1) is 0 Å². The van der Waals surface area contributed by atoms with Crippen molar-refractivity contribution in [3.63, 3.8) is 0 Å². The molecule has 0 aliphatic heterocycles. The highest BCUT2D eigenvalue weighted by atomic mass is 35.5. The van der Waals surface area contributed by atoms with Gasteiger partial charge < -0.3 is 10.6 Å². The molecule has 0 aliphatic rings. The lowest BCUT2D eigenvalue weighted by atomic mass is 9.98. The third-order valence-electron chi connectivity index (χ3n) is 4.04. The summed E-state index contributed by atoms with van der Waals surface area (Å²) in [6.45, 7) is 9.74. The second-order valence-electron chi connectivity index (χ2n) is 6.54. The van der Waals surface area contributed by atoms with Crippen molar-refractivity contribution in [2.24, 2.45) is 0 Å². The molecule has 0 aromatic heterocycles. The first kappa shape index (κ1) is 19.0. The van der Waals surface area contributed by atoms with Gasteiger partial charge in [-0.25, -0.2) is 0 Å². The fraction of sp³-hybridized carbons (Fsp3) is 0.300. The van der Waals surface area contributed by atoms with Crippen LogP contribution in [0.1, 0.15) is 42.0 Å². The van der Waals surface area contributed by atoms with Crippen molar-refractivity contribution in [1.29, 1.82) is 0 Å². The summed E-state index contributed by atoms with van der Waals surface area (Å²) in [6, 6.07) is 9.44. The number of rotatable bonds is 3. The number of benzene rings is 2. The van der Waals surface area contributed by atoms with E-state index in [4.69, 9.17) is 11.6 Å². The van der Waals surface area contributed by atoms with Crippen LogP contribution in [0.5, 0.6) is 0 Å². The van der Waals surface area contributed by atoms with Crippen LogP contribution in [0, 0.1) is 20.8 Å². The Morgan fingerprint density at radius 3 is 2.08 bits per heavy atom. The molecule has 2 amide bonds. The van der Waals surface area contributed by atoms with Crippen LogP contribution in [0.25, 0.3) is 0 Å². The number of nitrogens with one attached hydrogen (secondary N) is 2. The lowest BCUT2D eigenvalue weighted by Crippen LogP contribution is -2.30. The van der Waals surface area contributed by atoms with E-state index in [2.05, 4.69) is 10.6 Å². The summed E-state index contributed by atoms with van der Waals surface area (Å²) in [6.07, 6.45) is 0. The van der Waals surface area contributed by atoms with E-state index in [9.17, 15) is 9.59 Å². The zero-order valence-electron chi connectivity index (χ0n) is 15.2. The number of carbonyl (C=O) groups excluding carboxylic acids is 2. The van der Waals surface area contributed by atoms with Crippen molar-refractivity contribution in [3.05, 3.63) is 57.6 Å². The van der Waals surface area contributed by atoms with E-state index in [0.29, 0.717) is 16.4 Å². The van der Waals surface area contributed by atoms with Crippen molar-refractivity contribution in [3.8, 4) is 0 Å². The molecule has 4 nitrogen and oxygen atoms in total. The first-order valence-electron chi connectivity index (χ1n) is 8.19. The highest BCUT2D eigenvalue weighted by molar-refractivity contribution is 6.45. The van der Waals surface area contributed by atoms with E-state index >= 15 is 0 Å². The molecular weight excluding hydrogens is 336 g/mol. The summed E-state index contributed by atoms with van der Waals surface area (Å²) < 4.78 is 0. The molecule has 0 unspecified atom stereocenters. The van der Waals surface area contributed by atoms with Crippen LogP contribution in [-0.2, 0) is 9.59 Å². The number of hydrogen-bond acceptors (Lipinski definition) is 2. The monoisotopic (exact) mass is 358 g/mol. The van der Waals surface area contributed by atoms with Gasteiger partial charge in [-0.2, -0.15) is 0 Å². The minimum Gasteiger partial charge on any atom is -0.317 e. The van der Waals surface area contributed by atoms with Gasteiger partial charge in [-0.1, -0.05) is 49.7 Å². The molecule has 0 fully saturated rings. The van der Waals surface area contributed by atoms with Gasteiger partial charge >= 0.3 is 11.8 Å². The number of para-hydroxylation sites is 1. The van der Waals surface area contributed by atoms with E-state index < -0.39 is 11.8 Å². The maximum atomic E-state index is 12.4. The van der Waals surface area contributed by atoms with Gasteiger partial charge in [0.05, 0.1) is 10.7 Å². The third kappa shape index (κ3) is 4.40. The molecule has 0 saturated heterocycles. The second kappa shape index (κ2) is 7.70. The molecule has 0 aliphatic carbocycles. The molecule has 132 valence electrons. The Morgan fingerprint density at radius 1 is 0.920 bits per heavy atom. The fourth-order valence-electron chi connectivity index (χ4n) is 2.76. The molecule has 2 aromatic carbocycles. The molecule has 0 bridgehead atoms. The molecule has 0 spiro atoms. The van der Waals surface area contributed by atoms with Crippen LogP contribution >= 0.6 is 11.6 Å². The molecule has 5 heteroatoms. The smallest absolute Gasteiger partial charge is 0.314 e. The molecule has 25 heavy (non-hydrogen) atoms. The molecule has 2 N–H and O–H groups in total. The minimum atomic E-state index is -0.744. The van der Waals surface area contributed by atoms with Gasteiger partial charge in [0.15, 0.2) is 0 Å². The second-order valence-corrected chi connectivity index (χ2v) is 6.95. The van der Waals surface area contributed by atoms with Gasteiger partial charge in [0, 0.05) is 5.69 Å². The van der Waals surface area contributed by atoms with Crippen LogP contribution in [0.3, 0.4) is 0 Å². The van der Waals surface area contributed by atoms with E-state index in [-0.39, 0.29) is 5.92 Å². The quantitative estimate of drug-likeness (QED) is 0.761. The zero-order chi connectivity index (χ0) is 18.7. The predicted octanol–water partition coefficient (Wildman–Crippen LogP) is 4.97. The lowest BCUT2D eigenvalue weighted by Gasteiger charge is -2.17. The van der Waals surface area contributed by atoms with E-state index in [1.54, 1.807) is 6.07 Å². The lowest BCUT2D eigenvalue weighted by molar-refractivity contribution is -0.133. The highest BCUT2D eigenvalue weighted by Gasteiger charge is 2.19. The van der Waals surface area contributed by atoms with Gasteiger partial charge in [0.2, 0.25) is 0 Å². The zero-order valence-corrected chi connectivity index (χ0v) is 15.9. The number of aryl methyl sites for hydroxylation is 3. The van der Waals surface area contributed by atoms with Gasteiger partial charge in [-0.3, -0.25) is 9.59 Å². The summed E-state index contributed by atoms with van der Waals surface area (Å²) in [5, 5.41) is 5.76. The average molecular weight is 359 g/mol. The maximum Gasteiger partial charge on any atom is 0.314 e. The molecule has 2 rings (SSSR count). The van der Waals surface area contributed by atoms with Crippen LogP contribution in [0.4, 0.5) is 11.4 Å². The normalized spacial score (nSPS) is 10.7. The summed E-state index contributed by atoms with van der Waals surface area (Å²) in [4.78, 5) is 24.7. The number of carbonyl (C=O) groups is 2. The number of anilines is 2. The molecule has 0 saturated carbocycles. The first-order chi connectivity index (χ1) is 11.7. The summed E-state index contributed by atoms with van der Waals surface area (Å²) in [5.74, 6) is -1.23. The van der Waals surface area contributed by atoms with Crippen molar-refractivity contribution < 1.29 is 9.59 Å². The van der Waals surface area contributed by atoms with Crippen molar-refractivity contribution in [2.45, 2.75) is 40.5 Å². The molecule has 0 radical (unpaired) electrons. The Kier molecular flexibility index (Phi) is 5.85. The summed E-state index contributed by atoms with van der Waals surface area (Å²) in [7, 11) is 0. The number of amides is 2. The maximum absolute atomic E-state index is 12.4. The van der Waals surface area contributed by atoms with E-state index in [1.165, 1.54) is 0 Å². The van der Waals surface area contributed by atoms with E-state index in [0.717, 1.165) is 22.3 Å². The largest absolute Gasteiger partial charge is 0.317 e. The Bertz CT molecular complexity index is 805. The standard InChI is InChI=1S/C20H23ClN2O2/c1-11(2)15-8-6-7-13(4)17(15)22-19(24)20(25)23-18-14(5)9-12(3)10-16(18)21/h6-11H,1-5H3,(H,22,24)(H,23,25). The van der Waals surface area contributed by atoms with Crippen LogP contribution in [0.15, 0.2) is 30.3 Å². The van der Waals surface area contributed by atoms with Crippen molar-refractivity contribution in [1.82, 2.24) is 0 Å². The topological polar surface area (TPSA) is 58.2 Å². The van der Waals surface area contributed by atoms with Crippen molar-refractivity contribution >= 4 is 34.8 Å². The Morgan fingerprint density at radius 2 is 1.52 bits per heavy atom. The predicted molar refractivity (Wildman–Crippen MR) is 103 cm³/mol. The SMILES string of the molecule is Cc1cc(C)c(NC(=O)C(=O)Nc2c(C)cccc2C(C)C)c(Cl)c1. The third-order valence-corrected chi connectivity index (χ3v) is 4.34. The first-order valence-corrected chi connectivity index (χ1v) is 8.57. The van der Waals surface area contributed by atoms with Gasteiger partial charge in [0.25, 0.3) is 0 Å². The number of hydrogen-bond donors (Lipinski definition) is 2. The van der Waals surface area contributed by atoms with Crippen LogP contribution in [0.2, 0.25) is 5.02 Å². The Hall–Kier alpha value is -2.33. The Labute approximate surface area is 153 Å². The average Bonchev–Trinajstić information content (AvgIpc) is 2.52. The van der Waals surface area contributed by atoms with E-state index in [1.807, 2.05) is 58.9 Å². The molecule has 0 atom stereocenters. The van der Waals surface area contributed by atoms with Crippen LogP contribution in [-0.4, -0.2) is 11.8 Å². The van der Waals surface area contributed by atoms with Gasteiger partial charge in [-0.05, 0) is 55.0 Å². The summed E-state index contributed by atoms with van der Waals surface area (Å²) >= 11 is 6.19. The van der Waals surface area contributed by atoms with Crippen molar-refractivity contribution in [2.75, 3.05) is 10.6 Å². The number of halogens is 1. The minimum absolute atomic E-state index is 0.229. The highest BCUT2D eigenvalue weighted by Crippen LogP contribution is 2.29. The molecule has 2 aromatic rings. The Balaban J connectivity index is 2.22.